The van der Waals surface area contributed by atoms with E-state index in [0.717, 1.165) is 0 Å². The smallest absolute Gasteiger partial charge is 0.148 e. The van der Waals surface area contributed by atoms with Crippen molar-refractivity contribution in [3.05, 3.63) is 11.2 Å². The molecule has 0 aromatic heterocycles. The third-order valence-electron chi connectivity index (χ3n) is 1.99. The maximum absolute atomic E-state index is 6.05. The fourth-order valence-corrected chi connectivity index (χ4v) is 2.37. The van der Waals surface area contributed by atoms with Gasteiger partial charge in [-0.3, -0.25) is 5.32 Å². The van der Waals surface area contributed by atoms with Crippen LogP contribution in [0.4, 0.5) is 0 Å². The Morgan fingerprint density at radius 2 is 2.36 bits per heavy atom. The molecule has 2 nitrogen and oxygen atoms in total. The zero-order valence-corrected chi connectivity index (χ0v) is 8.08. The number of nitrogens with zero attached hydrogens (tertiary/aromatic N) is 1. The molecule has 0 aliphatic carbocycles. The van der Waals surface area contributed by atoms with Crippen LogP contribution in [0.25, 0.3) is 0 Å². The van der Waals surface area contributed by atoms with Gasteiger partial charge < -0.3 is 4.90 Å². The van der Waals surface area contributed by atoms with E-state index >= 15 is 0 Å². The predicted octanol–water partition coefficient (Wildman–Crippen LogP) is 1.83. The predicted molar refractivity (Wildman–Crippen MR) is 46.6 cm³/mol. The van der Waals surface area contributed by atoms with Crippen molar-refractivity contribution in [2.24, 2.45) is 0 Å². The number of alkyl halides is 2. The quantitative estimate of drug-likeness (QED) is 0.375. The molecule has 2 unspecified atom stereocenters. The molecule has 0 saturated carbocycles. The van der Waals surface area contributed by atoms with Crippen LogP contribution in [0.3, 0.4) is 0 Å². The van der Waals surface area contributed by atoms with E-state index in [1.54, 1.807) is 6.08 Å². The van der Waals surface area contributed by atoms with Crippen molar-refractivity contribution >= 4 is 34.8 Å². The van der Waals surface area contributed by atoms with Gasteiger partial charge in [-0.2, -0.15) is 0 Å². The monoisotopic (exact) mass is 212 g/mol. The van der Waals surface area contributed by atoms with Crippen LogP contribution in [0.5, 0.6) is 0 Å². The van der Waals surface area contributed by atoms with Crippen LogP contribution in [0, 0.1) is 0 Å². The van der Waals surface area contributed by atoms with Crippen LogP contribution >= 0.6 is 34.8 Å². The Balaban J connectivity index is 2.24. The molecule has 3 atom stereocenters. The largest absolute Gasteiger partial charge is 0.321 e. The molecule has 0 aromatic carbocycles. The van der Waals surface area contributed by atoms with Crippen molar-refractivity contribution in [3.8, 4) is 0 Å². The molecular weight excluding hydrogens is 206 g/mol. The van der Waals surface area contributed by atoms with Gasteiger partial charge in [-0.25, -0.2) is 0 Å². The van der Waals surface area contributed by atoms with E-state index in [0.29, 0.717) is 5.16 Å². The first kappa shape index (κ1) is 7.99. The van der Waals surface area contributed by atoms with E-state index in [9.17, 15) is 0 Å². The number of fused-ring (bicyclic) bond motifs is 1. The molecule has 0 spiro atoms. The van der Waals surface area contributed by atoms with Gasteiger partial charge in [0.1, 0.15) is 21.8 Å². The average Bonchev–Trinajstić information content (AvgIpc) is 2.34. The van der Waals surface area contributed by atoms with E-state index < -0.39 is 5.00 Å². The summed E-state index contributed by atoms with van der Waals surface area (Å²) in [7, 11) is 0. The van der Waals surface area contributed by atoms with Crippen molar-refractivity contribution in [3.63, 3.8) is 0 Å². The van der Waals surface area contributed by atoms with Gasteiger partial charge in [0.2, 0.25) is 0 Å². The van der Waals surface area contributed by atoms with Crippen molar-refractivity contribution < 1.29 is 0 Å². The topological polar surface area (TPSA) is 15.0 Å². The second-order valence-corrected chi connectivity index (χ2v) is 4.48. The minimum atomic E-state index is -0.392. The Labute approximate surface area is 80.1 Å². The van der Waals surface area contributed by atoms with E-state index in [4.69, 9.17) is 34.8 Å². The maximum atomic E-state index is 6.05. The molecule has 0 amide bonds. The maximum Gasteiger partial charge on any atom is 0.148 e. The summed E-state index contributed by atoms with van der Waals surface area (Å²) in [5, 5.41) is 3.70. The molecule has 11 heavy (non-hydrogen) atoms. The first-order valence-electron chi connectivity index (χ1n) is 3.29. The molecule has 0 radical (unpaired) electrons. The van der Waals surface area contributed by atoms with E-state index in [1.807, 2.05) is 11.8 Å². The zero-order chi connectivity index (χ0) is 8.22. The van der Waals surface area contributed by atoms with Gasteiger partial charge >= 0.3 is 0 Å². The van der Waals surface area contributed by atoms with Crippen LogP contribution in [0.15, 0.2) is 11.2 Å². The van der Waals surface area contributed by atoms with Gasteiger partial charge in [-0.1, -0.05) is 23.2 Å². The summed E-state index contributed by atoms with van der Waals surface area (Å²) in [6.07, 6.45) is 1.82. The number of hydrogen-bond acceptors (Lipinski definition) is 2. The lowest BCUT2D eigenvalue weighted by Gasteiger charge is -2.13. The number of nitrogens with one attached hydrogen (secondary N) is 1. The highest BCUT2D eigenvalue weighted by atomic mass is 35.5. The molecule has 2 heterocycles. The molecule has 0 aromatic rings. The molecule has 5 heteroatoms. The molecule has 2 aliphatic heterocycles. The molecule has 2 aliphatic rings. The van der Waals surface area contributed by atoms with Crippen molar-refractivity contribution in [2.45, 2.75) is 23.6 Å². The van der Waals surface area contributed by atoms with Gasteiger partial charge in [-0.15, -0.1) is 11.6 Å². The van der Waals surface area contributed by atoms with E-state index in [-0.39, 0.29) is 11.7 Å². The van der Waals surface area contributed by atoms with Gasteiger partial charge in [-0.05, 0) is 13.0 Å². The molecular formula is C6H7Cl3N2. The lowest BCUT2D eigenvalue weighted by Crippen LogP contribution is -2.32. The summed E-state index contributed by atoms with van der Waals surface area (Å²) in [6.45, 7) is 1.90. The standard InChI is InChI=1S/C6H7Cl3N2/c1-6(9)5-10-3(7)2-4(8)11(5)6/h2-3,5,10H,1H3/t3?,5?,6-,11?/m0/s1. The van der Waals surface area contributed by atoms with Gasteiger partial charge in [0.05, 0.1) is 0 Å². The van der Waals surface area contributed by atoms with Gasteiger partial charge in [0.25, 0.3) is 0 Å². The fourth-order valence-electron chi connectivity index (χ4n) is 1.32. The Morgan fingerprint density at radius 3 is 2.91 bits per heavy atom. The zero-order valence-electron chi connectivity index (χ0n) is 5.81. The summed E-state index contributed by atoms with van der Waals surface area (Å²) >= 11 is 17.7. The minimum Gasteiger partial charge on any atom is -0.321 e. The highest BCUT2D eigenvalue weighted by Gasteiger charge is 2.61. The molecule has 1 N–H and O–H groups in total. The first-order chi connectivity index (χ1) is 5.03. The van der Waals surface area contributed by atoms with Crippen molar-refractivity contribution in [1.29, 1.82) is 0 Å². The summed E-state index contributed by atoms with van der Waals surface area (Å²) in [6, 6.07) is 0. The summed E-state index contributed by atoms with van der Waals surface area (Å²) in [5.74, 6) is 0. The van der Waals surface area contributed by atoms with Crippen molar-refractivity contribution in [1.82, 2.24) is 10.2 Å². The Hall–Kier alpha value is 0.370. The van der Waals surface area contributed by atoms with Crippen LogP contribution in [-0.4, -0.2) is 21.6 Å². The van der Waals surface area contributed by atoms with E-state index in [2.05, 4.69) is 5.32 Å². The average molecular weight is 213 g/mol. The highest BCUT2D eigenvalue weighted by Crippen LogP contribution is 2.49. The lowest BCUT2D eigenvalue weighted by molar-refractivity contribution is 0.529. The van der Waals surface area contributed by atoms with E-state index in [1.165, 1.54) is 0 Å². The molecule has 62 valence electrons. The summed E-state index contributed by atoms with van der Waals surface area (Å²) in [4.78, 5) is 1.48. The highest BCUT2D eigenvalue weighted by molar-refractivity contribution is 6.33. The third-order valence-corrected chi connectivity index (χ3v) is 2.94. The normalized spacial score (nSPS) is 48.4. The molecule has 1 fully saturated rings. The van der Waals surface area contributed by atoms with Crippen LogP contribution in [0.2, 0.25) is 0 Å². The Bertz CT molecular complexity index is 226. The number of halogens is 3. The lowest BCUT2D eigenvalue weighted by atomic mass is 10.4. The second-order valence-electron chi connectivity index (χ2n) is 2.85. The third kappa shape index (κ3) is 1.04. The SMILES string of the molecule is C[C@@]1(Cl)C2NC(Cl)C=C(Cl)N21. The molecule has 2 rings (SSSR count). The van der Waals surface area contributed by atoms with Gasteiger partial charge in [0, 0.05) is 0 Å². The fraction of sp³-hybridized carbons (Fsp3) is 0.667. The summed E-state index contributed by atoms with van der Waals surface area (Å²) < 4.78 is 0. The van der Waals surface area contributed by atoms with Crippen LogP contribution in [0.1, 0.15) is 6.92 Å². The molecule has 1 saturated heterocycles. The van der Waals surface area contributed by atoms with Crippen molar-refractivity contribution in [2.75, 3.05) is 0 Å². The Kier molecular flexibility index (Phi) is 1.59. The minimum absolute atomic E-state index is 0.0872. The van der Waals surface area contributed by atoms with Gasteiger partial charge in [0.15, 0.2) is 0 Å². The van der Waals surface area contributed by atoms with Crippen LogP contribution in [-0.2, 0) is 0 Å². The summed E-state index contributed by atoms with van der Waals surface area (Å²) in [5.41, 5.74) is -0.204. The second kappa shape index (κ2) is 2.19. The van der Waals surface area contributed by atoms with Crippen LogP contribution < -0.4 is 5.32 Å². The first-order valence-corrected chi connectivity index (χ1v) is 4.48. The number of rotatable bonds is 0. The Morgan fingerprint density at radius 1 is 1.73 bits per heavy atom. The molecule has 0 bridgehead atoms. The number of hydrogen-bond donors (Lipinski definition) is 1.